The summed E-state index contributed by atoms with van der Waals surface area (Å²) in [6, 6.07) is 14.0. The Morgan fingerprint density at radius 2 is 1.90 bits per heavy atom. The minimum Gasteiger partial charge on any atom is -0.360 e. The van der Waals surface area contributed by atoms with Crippen molar-refractivity contribution in [3.05, 3.63) is 65.4 Å². The van der Waals surface area contributed by atoms with E-state index in [4.69, 9.17) is 0 Å². The lowest BCUT2D eigenvalue weighted by Gasteiger charge is -1.98. The molecule has 0 radical (unpaired) electrons. The van der Waals surface area contributed by atoms with E-state index >= 15 is 0 Å². The number of hydrogen-bond acceptors (Lipinski definition) is 1. The Bertz CT molecular complexity index is 902. The molecule has 21 heavy (non-hydrogen) atoms. The van der Waals surface area contributed by atoms with Crippen LogP contribution in [-0.2, 0) is 4.79 Å². The van der Waals surface area contributed by atoms with Crippen molar-refractivity contribution in [3.63, 3.8) is 0 Å². The van der Waals surface area contributed by atoms with Crippen molar-refractivity contribution in [1.82, 2.24) is 4.98 Å². The van der Waals surface area contributed by atoms with Crippen molar-refractivity contribution in [1.29, 1.82) is 0 Å². The lowest BCUT2D eigenvalue weighted by Crippen LogP contribution is -2.03. The summed E-state index contributed by atoms with van der Waals surface area (Å²) in [6.45, 7) is 2.08. The Labute approximate surface area is 122 Å². The third-order valence-electron chi connectivity index (χ3n) is 3.97. The molecule has 1 aliphatic heterocycles. The van der Waals surface area contributed by atoms with E-state index in [1.807, 2.05) is 42.6 Å². The highest BCUT2D eigenvalue weighted by molar-refractivity contribution is 6.35. The van der Waals surface area contributed by atoms with Crippen LogP contribution in [0, 0.1) is 6.92 Å². The number of benzene rings is 2. The number of H-pyrrole nitrogens is 1. The van der Waals surface area contributed by atoms with Crippen LogP contribution in [0.3, 0.4) is 0 Å². The molecule has 2 heterocycles. The highest BCUT2D eigenvalue weighted by Gasteiger charge is 2.23. The highest BCUT2D eigenvalue weighted by Crippen LogP contribution is 2.34. The smallest absolute Gasteiger partial charge is 0.256 e. The second kappa shape index (κ2) is 4.35. The van der Waals surface area contributed by atoms with Crippen LogP contribution in [0.5, 0.6) is 0 Å². The van der Waals surface area contributed by atoms with Gasteiger partial charge in [0.1, 0.15) is 0 Å². The van der Waals surface area contributed by atoms with E-state index < -0.39 is 0 Å². The molecular weight excluding hydrogens is 260 g/mol. The van der Waals surface area contributed by atoms with E-state index in [1.165, 1.54) is 5.56 Å². The van der Waals surface area contributed by atoms with Crippen molar-refractivity contribution in [3.8, 4) is 0 Å². The summed E-state index contributed by atoms with van der Waals surface area (Å²) in [5, 5.41) is 4.04. The molecule has 0 spiro atoms. The van der Waals surface area contributed by atoms with E-state index in [0.29, 0.717) is 5.57 Å². The first-order chi connectivity index (χ1) is 10.2. The largest absolute Gasteiger partial charge is 0.360 e. The Morgan fingerprint density at radius 1 is 1.05 bits per heavy atom. The summed E-state index contributed by atoms with van der Waals surface area (Å²) in [4.78, 5) is 15.5. The van der Waals surface area contributed by atoms with Gasteiger partial charge in [-0.2, -0.15) is 0 Å². The van der Waals surface area contributed by atoms with Gasteiger partial charge in [0.05, 0.1) is 0 Å². The van der Waals surface area contributed by atoms with Gasteiger partial charge in [-0.3, -0.25) is 4.79 Å². The van der Waals surface area contributed by atoms with Gasteiger partial charge < -0.3 is 10.3 Å². The van der Waals surface area contributed by atoms with Crippen LogP contribution < -0.4 is 5.32 Å². The number of carbonyl (C=O) groups excluding carboxylic acids is 1. The number of aryl methyl sites for hydroxylation is 1. The van der Waals surface area contributed by atoms with Crippen LogP contribution in [0.15, 0.2) is 48.7 Å². The number of rotatable bonds is 1. The quantitative estimate of drug-likeness (QED) is 0.648. The molecular formula is C18H14N2O. The molecule has 0 saturated heterocycles. The van der Waals surface area contributed by atoms with Crippen molar-refractivity contribution < 1.29 is 4.79 Å². The lowest BCUT2D eigenvalue weighted by atomic mass is 10.0. The Kier molecular flexibility index (Phi) is 2.48. The number of hydrogen-bond donors (Lipinski definition) is 2. The third kappa shape index (κ3) is 1.78. The standard InChI is InChI=1S/C18H14N2O/c1-11-5-4-7-13-12(10-19-17(11)13)9-15-14-6-2-3-8-16(14)20-18(15)21/h2-10,19H,1H3,(H,20,21). The molecule has 2 N–H and O–H groups in total. The maximum Gasteiger partial charge on any atom is 0.256 e. The number of fused-ring (bicyclic) bond motifs is 2. The molecule has 0 unspecified atom stereocenters. The van der Waals surface area contributed by atoms with E-state index in [1.54, 1.807) is 0 Å². The minimum atomic E-state index is -0.0433. The Hall–Kier alpha value is -2.81. The molecule has 0 aliphatic carbocycles. The molecule has 1 amide bonds. The van der Waals surface area contributed by atoms with Gasteiger partial charge in [-0.1, -0.05) is 36.4 Å². The first-order valence-electron chi connectivity index (χ1n) is 6.93. The summed E-state index contributed by atoms with van der Waals surface area (Å²) < 4.78 is 0. The van der Waals surface area contributed by atoms with Gasteiger partial charge in [0.2, 0.25) is 0 Å². The molecule has 4 rings (SSSR count). The average molecular weight is 274 g/mol. The van der Waals surface area contributed by atoms with Crippen molar-refractivity contribution >= 4 is 34.1 Å². The van der Waals surface area contributed by atoms with Crippen LogP contribution in [0.4, 0.5) is 5.69 Å². The van der Waals surface area contributed by atoms with Crippen LogP contribution in [0.1, 0.15) is 16.7 Å². The first-order valence-corrected chi connectivity index (χ1v) is 6.93. The Balaban J connectivity index is 1.91. The molecule has 1 aromatic heterocycles. The summed E-state index contributed by atoms with van der Waals surface area (Å²) in [7, 11) is 0. The van der Waals surface area contributed by atoms with E-state index in [9.17, 15) is 4.79 Å². The van der Waals surface area contributed by atoms with Gasteiger partial charge in [-0.25, -0.2) is 0 Å². The van der Waals surface area contributed by atoms with Gasteiger partial charge in [0.25, 0.3) is 5.91 Å². The topological polar surface area (TPSA) is 44.9 Å². The number of para-hydroxylation sites is 2. The summed E-state index contributed by atoms with van der Waals surface area (Å²) in [5.74, 6) is -0.0433. The molecule has 3 nitrogen and oxygen atoms in total. The molecule has 102 valence electrons. The van der Waals surface area contributed by atoms with Gasteiger partial charge in [0, 0.05) is 39.5 Å². The number of carbonyl (C=O) groups is 1. The fourth-order valence-corrected chi connectivity index (χ4v) is 2.88. The fraction of sp³-hybridized carbons (Fsp3) is 0.0556. The molecule has 3 aromatic rings. The number of nitrogens with one attached hydrogen (secondary N) is 2. The van der Waals surface area contributed by atoms with Crippen molar-refractivity contribution in [2.75, 3.05) is 5.32 Å². The Morgan fingerprint density at radius 3 is 2.81 bits per heavy atom. The highest BCUT2D eigenvalue weighted by atomic mass is 16.2. The number of aromatic nitrogens is 1. The lowest BCUT2D eigenvalue weighted by molar-refractivity contribution is -0.110. The van der Waals surface area contributed by atoms with Crippen LogP contribution >= 0.6 is 0 Å². The zero-order valence-electron chi connectivity index (χ0n) is 11.6. The number of aromatic amines is 1. The summed E-state index contributed by atoms with van der Waals surface area (Å²) >= 11 is 0. The SMILES string of the molecule is Cc1cccc2c(C=C3C(=O)Nc4ccccc43)c[nH]c12. The molecule has 0 bridgehead atoms. The molecule has 2 aromatic carbocycles. The van der Waals surface area contributed by atoms with Crippen molar-refractivity contribution in [2.24, 2.45) is 0 Å². The van der Waals surface area contributed by atoms with Crippen LogP contribution in [0.25, 0.3) is 22.6 Å². The summed E-state index contributed by atoms with van der Waals surface area (Å²) in [6.07, 6.45) is 3.92. The van der Waals surface area contributed by atoms with Crippen molar-refractivity contribution in [2.45, 2.75) is 6.92 Å². The third-order valence-corrected chi connectivity index (χ3v) is 3.97. The van der Waals surface area contributed by atoms with Gasteiger partial charge >= 0.3 is 0 Å². The van der Waals surface area contributed by atoms with Crippen LogP contribution in [0.2, 0.25) is 0 Å². The number of amides is 1. The van der Waals surface area contributed by atoms with E-state index in [0.717, 1.165) is 27.7 Å². The second-order valence-corrected chi connectivity index (χ2v) is 5.30. The monoisotopic (exact) mass is 274 g/mol. The normalized spacial score (nSPS) is 15.5. The van der Waals surface area contributed by atoms with Gasteiger partial charge in [-0.15, -0.1) is 0 Å². The molecule has 0 fully saturated rings. The molecule has 3 heteroatoms. The number of anilines is 1. The van der Waals surface area contributed by atoms with Gasteiger partial charge in [-0.05, 0) is 24.6 Å². The fourth-order valence-electron chi connectivity index (χ4n) is 2.88. The van der Waals surface area contributed by atoms with Crippen LogP contribution in [-0.4, -0.2) is 10.9 Å². The van der Waals surface area contributed by atoms with E-state index in [2.05, 4.69) is 29.4 Å². The second-order valence-electron chi connectivity index (χ2n) is 5.30. The molecule has 0 atom stereocenters. The van der Waals surface area contributed by atoms with Gasteiger partial charge in [0.15, 0.2) is 0 Å². The summed E-state index contributed by atoms with van der Waals surface area (Å²) in [5.41, 5.74) is 5.92. The molecule has 1 aliphatic rings. The maximum absolute atomic E-state index is 12.2. The maximum atomic E-state index is 12.2. The first kappa shape index (κ1) is 12.0. The van der Waals surface area contributed by atoms with E-state index in [-0.39, 0.29) is 5.91 Å². The zero-order chi connectivity index (χ0) is 14.4. The predicted molar refractivity (Wildman–Crippen MR) is 86.0 cm³/mol. The molecule has 0 saturated carbocycles. The minimum absolute atomic E-state index is 0.0433. The average Bonchev–Trinajstić information content (AvgIpc) is 3.03. The zero-order valence-corrected chi connectivity index (χ0v) is 11.6. The predicted octanol–water partition coefficient (Wildman–Crippen LogP) is 3.97.